The second kappa shape index (κ2) is 10.9. The highest BCUT2D eigenvalue weighted by molar-refractivity contribution is 14.0. The van der Waals surface area contributed by atoms with Crippen molar-refractivity contribution in [3.05, 3.63) is 0 Å². The smallest absolute Gasteiger partial charge is 0.324 e. The summed E-state index contributed by atoms with van der Waals surface area (Å²) < 4.78 is 5.41. The van der Waals surface area contributed by atoms with Gasteiger partial charge in [-0.15, -0.1) is 24.0 Å². The van der Waals surface area contributed by atoms with Gasteiger partial charge >= 0.3 is 6.03 Å². The van der Waals surface area contributed by atoms with Gasteiger partial charge in [0.25, 0.3) is 0 Å². The molecule has 2 saturated heterocycles. The van der Waals surface area contributed by atoms with E-state index in [1.165, 1.54) is 4.90 Å². The topological polar surface area (TPSA) is 98.3 Å². The van der Waals surface area contributed by atoms with E-state index in [1.807, 2.05) is 6.92 Å². The molecule has 0 radical (unpaired) electrons. The molecule has 0 saturated carbocycles. The van der Waals surface area contributed by atoms with Gasteiger partial charge in [-0.1, -0.05) is 0 Å². The number of guanidine groups is 1. The fraction of sp³-hybridized carbons (Fsp3) is 0.812. The lowest BCUT2D eigenvalue weighted by Crippen LogP contribution is -2.52. The van der Waals surface area contributed by atoms with Crippen LogP contribution < -0.4 is 16.0 Å². The lowest BCUT2D eigenvalue weighted by molar-refractivity contribution is -0.124. The zero-order chi connectivity index (χ0) is 18.3. The van der Waals surface area contributed by atoms with Crippen molar-refractivity contribution in [2.45, 2.75) is 26.3 Å². The van der Waals surface area contributed by atoms with Crippen LogP contribution in [-0.4, -0.2) is 92.3 Å². The number of imide groups is 1. The van der Waals surface area contributed by atoms with Crippen LogP contribution in [0.25, 0.3) is 0 Å². The Labute approximate surface area is 172 Å². The van der Waals surface area contributed by atoms with Crippen LogP contribution >= 0.6 is 24.0 Å². The number of nitrogens with one attached hydrogen (secondary N) is 3. The summed E-state index contributed by atoms with van der Waals surface area (Å²) in [5.41, 5.74) is -0.0586. The van der Waals surface area contributed by atoms with Gasteiger partial charge in [-0.3, -0.25) is 19.6 Å². The van der Waals surface area contributed by atoms with E-state index in [1.54, 1.807) is 0 Å². The number of hydrogen-bond donors (Lipinski definition) is 3. The second-order valence-electron chi connectivity index (χ2n) is 6.74. The van der Waals surface area contributed by atoms with E-state index >= 15 is 0 Å². The first-order valence-electron chi connectivity index (χ1n) is 8.87. The Morgan fingerprint density at radius 1 is 1.27 bits per heavy atom. The van der Waals surface area contributed by atoms with Crippen LogP contribution in [0.4, 0.5) is 4.79 Å². The van der Waals surface area contributed by atoms with Crippen molar-refractivity contribution in [2.24, 2.45) is 4.99 Å². The summed E-state index contributed by atoms with van der Waals surface area (Å²) >= 11 is 0. The first-order chi connectivity index (χ1) is 11.9. The van der Waals surface area contributed by atoms with Crippen LogP contribution in [-0.2, 0) is 9.53 Å². The lowest BCUT2D eigenvalue weighted by Gasteiger charge is -2.39. The van der Waals surface area contributed by atoms with Crippen molar-refractivity contribution >= 4 is 41.9 Å². The number of hydrogen-bond acceptors (Lipinski definition) is 5. The van der Waals surface area contributed by atoms with E-state index in [0.29, 0.717) is 25.6 Å². The molecule has 2 aliphatic heterocycles. The average molecular weight is 482 g/mol. The number of ether oxygens (including phenoxy) is 1. The first kappa shape index (κ1) is 22.9. The molecule has 2 aliphatic rings. The van der Waals surface area contributed by atoms with E-state index in [2.05, 4.69) is 39.7 Å². The summed E-state index contributed by atoms with van der Waals surface area (Å²) in [5, 5.41) is 8.90. The molecule has 26 heavy (non-hydrogen) atoms. The molecule has 3 N–H and O–H groups in total. The van der Waals surface area contributed by atoms with Gasteiger partial charge < -0.3 is 20.7 Å². The minimum atomic E-state index is -0.331. The number of morpholine rings is 1. The Balaban J connectivity index is 0.00000338. The third-order valence-electron chi connectivity index (χ3n) is 4.40. The fourth-order valence-corrected chi connectivity index (χ4v) is 2.85. The predicted molar refractivity (Wildman–Crippen MR) is 111 cm³/mol. The molecule has 2 fully saturated rings. The average Bonchev–Trinajstić information content (AvgIpc) is 2.92. The third kappa shape index (κ3) is 6.54. The van der Waals surface area contributed by atoms with E-state index in [4.69, 9.17) is 4.74 Å². The van der Waals surface area contributed by atoms with E-state index in [9.17, 15) is 9.59 Å². The van der Waals surface area contributed by atoms with E-state index in [-0.39, 0.29) is 48.0 Å². The zero-order valence-electron chi connectivity index (χ0n) is 15.8. The molecule has 9 nitrogen and oxygen atoms in total. The van der Waals surface area contributed by atoms with Gasteiger partial charge in [0.1, 0.15) is 0 Å². The number of aliphatic imine (C=N–C) groups is 1. The molecule has 0 aromatic carbocycles. The van der Waals surface area contributed by atoms with Crippen molar-refractivity contribution in [1.29, 1.82) is 0 Å². The van der Waals surface area contributed by atoms with Crippen molar-refractivity contribution in [3.63, 3.8) is 0 Å². The molecule has 3 amide bonds. The molecule has 0 bridgehead atoms. The normalized spacial score (nSPS) is 19.2. The molecule has 10 heteroatoms. The van der Waals surface area contributed by atoms with Crippen LogP contribution in [0.5, 0.6) is 0 Å². The Hall–Kier alpha value is -1.14. The van der Waals surface area contributed by atoms with Gasteiger partial charge in [0.2, 0.25) is 5.91 Å². The molecule has 0 atom stereocenters. The van der Waals surface area contributed by atoms with Crippen LogP contribution in [0.1, 0.15) is 20.8 Å². The summed E-state index contributed by atoms with van der Waals surface area (Å²) in [7, 11) is 0. The molecule has 2 rings (SSSR count). The first-order valence-corrected chi connectivity index (χ1v) is 8.87. The molecule has 0 unspecified atom stereocenters. The van der Waals surface area contributed by atoms with E-state index in [0.717, 1.165) is 32.8 Å². The van der Waals surface area contributed by atoms with Crippen molar-refractivity contribution in [1.82, 2.24) is 25.8 Å². The zero-order valence-corrected chi connectivity index (χ0v) is 18.2. The number of urea groups is 1. The molecular weight excluding hydrogens is 451 g/mol. The highest BCUT2D eigenvalue weighted by atomic mass is 127. The molecule has 0 aromatic heterocycles. The number of halogens is 1. The SMILES string of the molecule is CCNC(=NCC(C)(C)N1CCOCC1)NCCN1C(=O)CNC1=O.I. The van der Waals surface area contributed by atoms with Gasteiger partial charge in [0, 0.05) is 38.3 Å². The number of amides is 3. The quantitative estimate of drug-likeness (QED) is 0.202. The largest absolute Gasteiger partial charge is 0.379 e. The van der Waals surface area contributed by atoms with Gasteiger partial charge in [0.05, 0.1) is 26.3 Å². The van der Waals surface area contributed by atoms with E-state index < -0.39 is 0 Å². The highest BCUT2D eigenvalue weighted by Crippen LogP contribution is 2.16. The standard InChI is InChI=1S/C16H30N6O3.HI/c1-4-17-14(18-5-6-22-13(23)11-19-15(22)24)20-12-16(2,3)21-7-9-25-10-8-21;/h4-12H2,1-3H3,(H,19,24)(H2,17,18,20);1H. The minimum absolute atomic E-state index is 0. The Kier molecular flexibility index (Phi) is 9.58. The summed E-state index contributed by atoms with van der Waals surface area (Å²) in [6.07, 6.45) is 0. The number of carbonyl (C=O) groups excluding carboxylic acids is 2. The Morgan fingerprint density at radius 3 is 2.54 bits per heavy atom. The third-order valence-corrected chi connectivity index (χ3v) is 4.40. The fourth-order valence-electron chi connectivity index (χ4n) is 2.85. The van der Waals surface area contributed by atoms with Crippen LogP contribution in [0, 0.1) is 0 Å². The summed E-state index contributed by atoms with van der Waals surface area (Å²) in [6.45, 7) is 12.0. The molecular formula is C16H31IN6O3. The molecule has 0 spiro atoms. The highest BCUT2D eigenvalue weighted by Gasteiger charge is 2.29. The Bertz CT molecular complexity index is 492. The summed E-state index contributed by atoms with van der Waals surface area (Å²) in [4.78, 5) is 31.4. The lowest BCUT2D eigenvalue weighted by atomic mass is 10.0. The molecule has 2 heterocycles. The van der Waals surface area contributed by atoms with Gasteiger partial charge in [-0.25, -0.2) is 4.79 Å². The molecule has 0 aliphatic carbocycles. The van der Waals surface area contributed by atoms with Gasteiger partial charge in [-0.05, 0) is 20.8 Å². The van der Waals surface area contributed by atoms with Gasteiger partial charge in [-0.2, -0.15) is 0 Å². The molecule has 150 valence electrons. The van der Waals surface area contributed by atoms with Crippen LogP contribution in [0.3, 0.4) is 0 Å². The van der Waals surface area contributed by atoms with Crippen molar-refractivity contribution in [2.75, 3.05) is 59.0 Å². The maximum atomic E-state index is 11.6. The summed E-state index contributed by atoms with van der Waals surface area (Å²) in [6, 6.07) is -0.331. The molecule has 0 aromatic rings. The number of carbonyl (C=O) groups is 2. The van der Waals surface area contributed by atoms with Crippen molar-refractivity contribution in [3.8, 4) is 0 Å². The van der Waals surface area contributed by atoms with Crippen LogP contribution in [0.2, 0.25) is 0 Å². The maximum Gasteiger partial charge on any atom is 0.324 e. The van der Waals surface area contributed by atoms with Crippen molar-refractivity contribution < 1.29 is 14.3 Å². The maximum absolute atomic E-state index is 11.6. The monoisotopic (exact) mass is 482 g/mol. The van der Waals surface area contributed by atoms with Gasteiger partial charge in [0.15, 0.2) is 5.96 Å². The van der Waals surface area contributed by atoms with Crippen LogP contribution in [0.15, 0.2) is 4.99 Å². The second-order valence-corrected chi connectivity index (χ2v) is 6.74. The Morgan fingerprint density at radius 2 is 1.96 bits per heavy atom. The summed E-state index contributed by atoms with van der Waals surface area (Å²) in [5.74, 6) is 0.498. The number of nitrogens with zero attached hydrogens (tertiary/aromatic N) is 3. The minimum Gasteiger partial charge on any atom is -0.379 e. The predicted octanol–water partition coefficient (Wildman–Crippen LogP) is -0.178. The number of rotatable bonds is 7.